The van der Waals surface area contributed by atoms with E-state index in [2.05, 4.69) is 72.4 Å². The molecule has 3 heteroatoms. The molecule has 1 unspecified atom stereocenters. The predicted molar refractivity (Wildman–Crippen MR) is 83.8 cm³/mol. The molecule has 0 radical (unpaired) electrons. The minimum Gasteiger partial charge on any atom is -0.309 e. The van der Waals surface area contributed by atoms with Gasteiger partial charge in [-0.1, -0.05) is 48.8 Å². The molecule has 0 fully saturated rings. The topological polar surface area (TPSA) is 35.8 Å². The summed E-state index contributed by atoms with van der Waals surface area (Å²) in [5, 5.41) is 12.3. The zero-order valence-electron chi connectivity index (χ0n) is 12.0. The van der Waals surface area contributed by atoms with Crippen LogP contribution in [0, 0.1) is 16.7 Å². The highest BCUT2D eigenvalue weighted by atomic mass is 79.9. The normalized spacial score (nSPS) is 13.0. The summed E-state index contributed by atoms with van der Waals surface area (Å²) in [6.07, 6.45) is 2.63. The van der Waals surface area contributed by atoms with E-state index < -0.39 is 0 Å². The standard InChI is InChI=1S/C16H23BrN2/c1-4-15(13-6-8-14(17)9-7-13)19-12-16(2,3)10-5-11-18/h6-9,15,19H,4-5,10,12H2,1-3H3. The van der Waals surface area contributed by atoms with Gasteiger partial charge in [-0.25, -0.2) is 0 Å². The van der Waals surface area contributed by atoms with Crippen molar-refractivity contribution >= 4 is 15.9 Å². The Balaban J connectivity index is 2.58. The fourth-order valence-electron chi connectivity index (χ4n) is 2.08. The maximum absolute atomic E-state index is 8.68. The lowest BCUT2D eigenvalue weighted by Crippen LogP contribution is -2.32. The fraction of sp³-hybridized carbons (Fsp3) is 0.562. The molecule has 1 rings (SSSR count). The molecule has 0 aliphatic heterocycles. The van der Waals surface area contributed by atoms with Gasteiger partial charge in [0.05, 0.1) is 6.07 Å². The van der Waals surface area contributed by atoms with Crippen LogP contribution in [0.15, 0.2) is 28.7 Å². The quantitative estimate of drug-likeness (QED) is 0.781. The van der Waals surface area contributed by atoms with Gasteiger partial charge in [0.1, 0.15) is 0 Å². The van der Waals surface area contributed by atoms with Crippen LogP contribution in [0.2, 0.25) is 0 Å². The summed E-state index contributed by atoms with van der Waals surface area (Å²) in [5.41, 5.74) is 1.49. The summed E-state index contributed by atoms with van der Waals surface area (Å²) in [6, 6.07) is 11.1. The molecule has 1 N–H and O–H groups in total. The van der Waals surface area contributed by atoms with Crippen molar-refractivity contribution in [1.29, 1.82) is 5.26 Å². The zero-order chi connectivity index (χ0) is 14.3. The molecule has 1 aromatic rings. The van der Waals surface area contributed by atoms with Crippen LogP contribution in [0.4, 0.5) is 0 Å². The van der Waals surface area contributed by atoms with Gasteiger partial charge in [0.25, 0.3) is 0 Å². The average Bonchev–Trinajstić information content (AvgIpc) is 2.39. The van der Waals surface area contributed by atoms with E-state index >= 15 is 0 Å². The van der Waals surface area contributed by atoms with Crippen molar-refractivity contribution in [3.63, 3.8) is 0 Å². The van der Waals surface area contributed by atoms with Crippen LogP contribution in [-0.4, -0.2) is 6.54 Å². The third-order valence-electron chi connectivity index (χ3n) is 3.42. The Morgan fingerprint density at radius 1 is 1.32 bits per heavy atom. The Morgan fingerprint density at radius 2 is 1.95 bits per heavy atom. The Hall–Kier alpha value is -0.850. The molecule has 19 heavy (non-hydrogen) atoms. The van der Waals surface area contributed by atoms with Gasteiger partial charge < -0.3 is 5.32 Å². The van der Waals surface area contributed by atoms with Crippen molar-refractivity contribution in [3.8, 4) is 6.07 Å². The lowest BCUT2D eigenvalue weighted by atomic mass is 9.87. The van der Waals surface area contributed by atoms with E-state index in [9.17, 15) is 0 Å². The van der Waals surface area contributed by atoms with Crippen LogP contribution >= 0.6 is 15.9 Å². The third-order valence-corrected chi connectivity index (χ3v) is 3.95. The van der Waals surface area contributed by atoms with Crippen molar-refractivity contribution < 1.29 is 0 Å². The van der Waals surface area contributed by atoms with E-state index in [4.69, 9.17) is 5.26 Å². The Labute approximate surface area is 125 Å². The summed E-state index contributed by atoms with van der Waals surface area (Å²) in [5.74, 6) is 0. The van der Waals surface area contributed by atoms with Crippen LogP contribution in [0.1, 0.15) is 51.6 Å². The van der Waals surface area contributed by atoms with E-state index in [0.29, 0.717) is 12.5 Å². The minimum atomic E-state index is 0.165. The van der Waals surface area contributed by atoms with Crippen molar-refractivity contribution in [3.05, 3.63) is 34.3 Å². The van der Waals surface area contributed by atoms with Gasteiger partial charge in [0.2, 0.25) is 0 Å². The molecule has 2 nitrogen and oxygen atoms in total. The summed E-state index contributed by atoms with van der Waals surface area (Å²) in [6.45, 7) is 7.56. The van der Waals surface area contributed by atoms with Crippen LogP contribution in [0.5, 0.6) is 0 Å². The molecular formula is C16H23BrN2. The molecule has 1 atom stereocenters. The first-order valence-electron chi connectivity index (χ1n) is 6.84. The Kier molecular flexibility index (Phi) is 6.54. The highest BCUT2D eigenvalue weighted by Gasteiger charge is 2.19. The van der Waals surface area contributed by atoms with Gasteiger partial charge in [-0.05, 0) is 36.0 Å². The second-order valence-corrected chi connectivity index (χ2v) is 6.63. The number of hydrogen-bond donors (Lipinski definition) is 1. The Bertz CT molecular complexity index is 417. The third kappa shape index (κ3) is 5.76. The fourth-order valence-corrected chi connectivity index (χ4v) is 2.34. The van der Waals surface area contributed by atoms with Crippen LogP contribution in [-0.2, 0) is 0 Å². The van der Waals surface area contributed by atoms with E-state index in [-0.39, 0.29) is 5.41 Å². The van der Waals surface area contributed by atoms with Crippen molar-refractivity contribution in [2.75, 3.05) is 6.54 Å². The summed E-state index contributed by atoms with van der Waals surface area (Å²) in [7, 11) is 0. The first-order valence-corrected chi connectivity index (χ1v) is 7.63. The van der Waals surface area contributed by atoms with Gasteiger partial charge in [-0.2, -0.15) is 5.26 Å². The molecule has 0 amide bonds. The van der Waals surface area contributed by atoms with Crippen LogP contribution in [0.3, 0.4) is 0 Å². The second-order valence-electron chi connectivity index (χ2n) is 5.72. The number of nitriles is 1. The maximum Gasteiger partial charge on any atom is 0.0621 e. The number of nitrogens with zero attached hydrogens (tertiary/aromatic N) is 1. The van der Waals surface area contributed by atoms with E-state index in [1.54, 1.807) is 0 Å². The summed E-state index contributed by atoms with van der Waals surface area (Å²) in [4.78, 5) is 0. The lowest BCUT2D eigenvalue weighted by Gasteiger charge is -2.27. The number of hydrogen-bond acceptors (Lipinski definition) is 2. The average molecular weight is 323 g/mol. The van der Waals surface area contributed by atoms with Gasteiger partial charge in [-0.3, -0.25) is 0 Å². The van der Waals surface area contributed by atoms with Gasteiger partial charge in [0, 0.05) is 23.5 Å². The Morgan fingerprint density at radius 3 is 2.47 bits per heavy atom. The number of nitrogens with one attached hydrogen (secondary N) is 1. The number of benzene rings is 1. The molecule has 0 aliphatic carbocycles. The van der Waals surface area contributed by atoms with Gasteiger partial charge in [-0.15, -0.1) is 0 Å². The second kappa shape index (κ2) is 7.67. The van der Waals surface area contributed by atoms with E-state index in [1.807, 2.05) is 0 Å². The number of halogens is 1. The molecule has 0 heterocycles. The van der Waals surface area contributed by atoms with Crippen molar-refractivity contribution in [2.45, 2.75) is 46.1 Å². The SMILES string of the molecule is CCC(NCC(C)(C)CCC#N)c1ccc(Br)cc1. The largest absolute Gasteiger partial charge is 0.309 e. The monoisotopic (exact) mass is 322 g/mol. The van der Waals surface area contributed by atoms with Gasteiger partial charge >= 0.3 is 0 Å². The highest BCUT2D eigenvalue weighted by molar-refractivity contribution is 9.10. The van der Waals surface area contributed by atoms with Gasteiger partial charge in [0.15, 0.2) is 0 Å². The van der Waals surface area contributed by atoms with Crippen molar-refractivity contribution in [2.24, 2.45) is 5.41 Å². The van der Waals surface area contributed by atoms with Crippen molar-refractivity contribution in [1.82, 2.24) is 5.32 Å². The summed E-state index contributed by atoms with van der Waals surface area (Å²) < 4.78 is 1.11. The van der Waals surface area contributed by atoms with E-state index in [0.717, 1.165) is 23.9 Å². The highest BCUT2D eigenvalue weighted by Crippen LogP contribution is 2.24. The van der Waals surface area contributed by atoms with Crippen LogP contribution in [0.25, 0.3) is 0 Å². The number of rotatable bonds is 7. The lowest BCUT2D eigenvalue weighted by molar-refractivity contribution is 0.298. The molecule has 104 valence electrons. The first kappa shape index (κ1) is 16.2. The minimum absolute atomic E-state index is 0.165. The van der Waals surface area contributed by atoms with E-state index in [1.165, 1.54) is 5.56 Å². The smallest absolute Gasteiger partial charge is 0.0621 e. The molecule has 0 spiro atoms. The zero-order valence-corrected chi connectivity index (χ0v) is 13.6. The van der Waals surface area contributed by atoms with Crippen LogP contribution < -0.4 is 5.32 Å². The molecular weight excluding hydrogens is 300 g/mol. The predicted octanol–water partition coefficient (Wildman–Crippen LogP) is 4.82. The molecule has 0 saturated heterocycles. The molecule has 0 bridgehead atoms. The molecule has 0 aliphatic rings. The molecule has 0 aromatic heterocycles. The molecule has 1 aromatic carbocycles. The maximum atomic E-state index is 8.68. The molecule has 0 saturated carbocycles. The first-order chi connectivity index (χ1) is 8.98. The summed E-state index contributed by atoms with van der Waals surface area (Å²) >= 11 is 3.46.